The monoisotopic (exact) mass is 317 g/mol. The molecule has 0 saturated heterocycles. The molecule has 0 fully saturated rings. The Bertz CT molecular complexity index is 237. The van der Waals surface area contributed by atoms with E-state index in [1.165, 1.54) is 19.3 Å². The number of ether oxygens (including phenoxy) is 1. The van der Waals surface area contributed by atoms with Crippen molar-refractivity contribution in [3.63, 3.8) is 0 Å². The summed E-state index contributed by atoms with van der Waals surface area (Å²) in [6.07, 6.45) is 11.3. The smallest absolute Gasteiger partial charge is 0.308 e. The van der Waals surface area contributed by atoms with E-state index in [2.05, 4.69) is 18.6 Å². The lowest BCUT2D eigenvalue weighted by molar-refractivity contribution is -0.149. The summed E-state index contributed by atoms with van der Waals surface area (Å²) in [6, 6.07) is 0. The minimum absolute atomic E-state index is 0.0428. The second-order valence-corrected chi connectivity index (χ2v) is 6.72. The van der Waals surface area contributed by atoms with Gasteiger partial charge >= 0.3 is 5.97 Å². The van der Waals surface area contributed by atoms with Crippen LogP contribution in [0.15, 0.2) is 0 Å². The summed E-state index contributed by atoms with van der Waals surface area (Å²) in [4.78, 5) is 12.2. The molecule has 0 rings (SSSR count). The molecule has 126 valence electrons. The Hall–Kier alpha value is -0.220. The van der Waals surface area contributed by atoms with Crippen molar-refractivity contribution in [2.24, 2.45) is 5.92 Å². The number of carbonyl (C=O) groups excluding carboxylic acids is 1. The molecule has 1 atom stereocenters. The molecule has 0 aromatic carbocycles. The first-order valence-corrected chi connectivity index (χ1v) is 9.69. The average Bonchev–Trinajstić information content (AvgIpc) is 2.49. The summed E-state index contributed by atoms with van der Waals surface area (Å²) in [5.41, 5.74) is 0. The Kier molecular flexibility index (Phi) is 16.0. The molecule has 0 aliphatic carbocycles. The van der Waals surface area contributed by atoms with Crippen LogP contribution in [0, 0.1) is 5.92 Å². The zero-order chi connectivity index (χ0) is 15.8. The van der Waals surface area contributed by atoms with Crippen LogP contribution in [-0.4, -0.2) is 25.4 Å². The first-order valence-electron chi connectivity index (χ1n) is 8.71. The third kappa shape index (κ3) is 13.2. The van der Waals surface area contributed by atoms with Crippen molar-refractivity contribution < 1.29 is 9.53 Å². The molecule has 0 bridgehead atoms. The molecule has 0 spiro atoms. The van der Waals surface area contributed by atoms with Crippen LogP contribution in [0.1, 0.15) is 78.1 Å². The molecule has 1 unspecified atom stereocenters. The fourth-order valence-electron chi connectivity index (χ4n) is 2.32. The van der Waals surface area contributed by atoms with Crippen molar-refractivity contribution in [3.05, 3.63) is 0 Å². The van der Waals surface area contributed by atoms with Crippen LogP contribution < -0.4 is 4.72 Å². The number of hydrogen-bond donors (Lipinski definition) is 1. The Morgan fingerprint density at radius 2 is 1.71 bits per heavy atom. The van der Waals surface area contributed by atoms with Gasteiger partial charge in [-0.2, -0.15) is 0 Å². The Labute approximate surface area is 136 Å². The van der Waals surface area contributed by atoms with Gasteiger partial charge in [0.05, 0.1) is 12.5 Å². The molecule has 0 aromatic heterocycles. The topological polar surface area (TPSA) is 38.3 Å². The molecule has 0 saturated carbocycles. The number of esters is 1. The van der Waals surface area contributed by atoms with Gasteiger partial charge in [-0.05, 0) is 32.7 Å². The Balaban J connectivity index is 3.83. The largest absolute Gasteiger partial charge is 0.465 e. The number of nitrogens with one attached hydrogen (secondary N) is 1. The summed E-state index contributed by atoms with van der Waals surface area (Å²) in [5.74, 6) is 1.25. The molecule has 0 amide bonds. The molecule has 0 aromatic rings. The lowest BCUT2D eigenvalue weighted by Crippen LogP contribution is -2.18. The molecule has 4 heteroatoms. The second-order valence-electron chi connectivity index (χ2n) is 5.62. The second kappa shape index (κ2) is 16.2. The first-order chi connectivity index (χ1) is 10.3. The van der Waals surface area contributed by atoms with Crippen LogP contribution in [0.2, 0.25) is 0 Å². The number of rotatable bonds is 15. The minimum atomic E-state index is 0.0428. The van der Waals surface area contributed by atoms with Crippen LogP contribution in [0.25, 0.3) is 0 Å². The lowest BCUT2D eigenvalue weighted by atomic mass is 9.95. The van der Waals surface area contributed by atoms with E-state index < -0.39 is 0 Å². The third-order valence-electron chi connectivity index (χ3n) is 3.68. The highest BCUT2D eigenvalue weighted by molar-refractivity contribution is 7.97. The van der Waals surface area contributed by atoms with E-state index in [4.69, 9.17) is 4.74 Å². The third-order valence-corrected chi connectivity index (χ3v) is 4.46. The lowest BCUT2D eigenvalue weighted by Gasteiger charge is -2.15. The molecule has 0 aliphatic rings. The van der Waals surface area contributed by atoms with E-state index in [1.54, 1.807) is 11.9 Å². The molecular formula is C17H35NO2S. The SMILES string of the molecule is CCCCCCC(CCCC)C(=O)OCCCCSNC. The van der Waals surface area contributed by atoms with Gasteiger partial charge < -0.3 is 4.74 Å². The van der Waals surface area contributed by atoms with Crippen molar-refractivity contribution >= 4 is 17.9 Å². The van der Waals surface area contributed by atoms with E-state index in [0.29, 0.717) is 6.61 Å². The highest BCUT2D eigenvalue weighted by Crippen LogP contribution is 2.19. The zero-order valence-electron chi connectivity index (χ0n) is 14.3. The van der Waals surface area contributed by atoms with Gasteiger partial charge in [-0.25, -0.2) is 0 Å². The molecular weight excluding hydrogens is 282 g/mol. The van der Waals surface area contributed by atoms with Crippen LogP contribution in [0.4, 0.5) is 0 Å². The first kappa shape index (κ1) is 20.8. The predicted molar refractivity (Wildman–Crippen MR) is 93.5 cm³/mol. The van der Waals surface area contributed by atoms with E-state index in [-0.39, 0.29) is 11.9 Å². The van der Waals surface area contributed by atoms with E-state index in [1.807, 2.05) is 7.05 Å². The number of unbranched alkanes of at least 4 members (excludes halogenated alkanes) is 5. The molecule has 21 heavy (non-hydrogen) atoms. The highest BCUT2D eigenvalue weighted by Gasteiger charge is 2.18. The quantitative estimate of drug-likeness (QED) is 0.263. The van der Waals surface area contributed by atoms with Crippen molar-refractivity contribution in [2.45, 2.75) is 78.1 Å². The van der Waals surface area contributed by atoms with Gasteiger partial charge in [0.1, 0.15) is 0 Å². The molecule has 0 aliphatic heterocycles. The average molecular weight is 318 g/mol. The maximum absolute atomic E-state index is 12.2. The molecule has 3 nitrogen and oxygen atoms in total. The van der Waals surface area contributed by atoms with Crippen molar-refractivity contribution in [1.82, 2.24) is 4.72 Å². The number of carbonyl (C=O) groups is 1. The minimum Gasteiger partial charge on any atom is -0.465 e. The molecule has 0 heterocycles. The summed E-state index contributed by atoms with van der Waals surface area (Å²) < 4.78 is 8.52. The summed E-state index contributed by atoms with van der Waals surface area (Å²) in [7, 11) is 1.93. The maximum Gasteiger partial charge on any atom is 0.308 e. The van der Waals surface area contributed by atoms with Crippen LogP contribution in [-0.2, 0) is 9.53 Å². The van der Waals surface area contributed by atoms with Crippen molar-refractivity contribution in [3.8, 4) is 0 Å². The Morgan fingerprint density at radius 3 is 2.38 bits per heavy atom. The van der Waals surface area contributed by atoms with E-state index in [9.17, 15) is 4.79 Å². The van der Waals surface area contributed by atoms with E-state index >= 15 is 0 Å². The van der Waals surface area contributed by atoms with Gasteiger partial charge in [0.25, 0.3) is 0 Å². The Morgan fingerprint density at radius 1 is 1.00 bits per heavy atom. The van der Waals surface area contributed by atoms with Crippen molar-refractivity contribution in [1.29, 1.82) is 0 Å². The predicted octanol–water partition coefficient (Wildman–Crippen LogP) is 4.95. The molecule has 0 radical (unpaired) electrons. The van der Waals surface area contributed by atoms with Gasteiger partial charge in [-0.3, -0.25) is 9.52 Å². The fourth-order valence-corrected chi connectivity index (χ4v) is 2.87. The number of hydrogen-bond acceptors (Lipinski definition) is 4. The van der Waals surface area contributed by atoms with Crippen LogP contribution in [0.5, 0.6) is 0 Å². The van der Waals surface area contributed by atoms with E-state index in [0.717, 1.165) is 50.7 Å². The van der Waals surface area contributed by atoms with Crippen LogP contribution in [0.3, 0.4) is 0 Å². The fraction of sp³-hybridized carbons (Fsp3) is 0.941. The summed E-state index contributed by atoms with van der Waals surface area (Å²) in [5, 5.41) is 0. The van der Waals surface area contributed by atoms with Gasteiger partial charge in [0.15, 0.2) is 0 Å². The molecule has 1 N–H and O–H groups in total. The normalized spacial score (nSPS) is 12.3. The zero-order valence-corrected chi connectivity index (χ0v) is 15.1. The van der Waals surface area contributed by atoms with Gasteiger partial charge in [0, 0.05) is 5.75 Å². The van der Waals surface area contributed by atoms with Gasteiger partial charge in [-0.15, -0.1) is 0 Å². The summed E-state index contributed by atoms with van der Waals surface area (Å²) in [6.45, 7) is 4.98. The van der Waals surface area contributed by atoms with Crippen molar-refractivity contribution in [2.75, 3.05) is 19.4 Å². The van der Waals surface area contributed by atoms with Gasteiger partial charge in [-0.1, -0.05) is 64.3 Å². The maximum atomic E-state index is 12.2. The standard InChI is InChI=1S/C17H35NO2S/c1-4-6-8-9-13-16(12-7-5-2)17(19)20-14-10-11-15-21-18-3/h16,18H,4-15H2,1-3H3. The highest BCUT2D eigenvalue weighted by atomic mass is 32.2. The van der Waals surface area contributed by atoms with Crippen LogP contribution >= 0.6 is 11.9 Å². The summed E-state index contributed by atoms with van der Waals surface area (Å²) >= 11 is 1.71. The van der Waals surface area contributed by atoms with Gasteiger partial charge in [0.2, 0.25) is 0 Å².